The maximum atomic E-state index is 14.2. The van der Waals surface area contributed by atoms with E-state index in [2.05, 4.69) is 6.07 Å². The van der Waals surface area contributed by atoms with Gasteiger partial charge in [-0.2, -0.15) is 0 Å². The van der Waals surface area contributed by atoms with Crippen molar-refractivity contribution in [3.05, 3.63) is 29.1 Å². The second-order valence-corrected chi connectivity index (χ2v) is 6.24. The Morgan fingerprint density at radius 3 is 2.58 bits per heavy atom. The van der Waals surface area contributed by atoms with Gasteiger partial charge in [-0.05, 0) is 61.6 Å². The Hall–Kier alpha value is -1.05. The molecule has 2 fully saturated rings. The fraction of sp³-hybridized carbons (Fsp3) is 0.647. The van der Waals surface area contributed by atoms with Gasteiger partial charge in [0.15, 0.2) is 11.6 Å². The minimum absolute atomic E-state index is 0.147. The van der Waals surface area contributed by atoms with Crippen LogP contribution in [0.2, 0.25) is 0 Å². The molecule has 1 aromatic rings. The van der Waals surface area contributed by atoms with E-state index in [1.54, 1.807) is 0 Å². The van der Waals surface area contributed by atoms with Gasteiger partial charge in [0.2, 0.25) is 0 Å². The quantitative estimate of drug-likeness (QED) is 0.724. The van der Waals surface area contributed by atoms with E-state index in [4.69, 9.17) is 4.74 Å². The van der Waals surface area contributed by atoms with Crippen LogP contribution < -0.4 is 4.74 Å². The van der Waals surface area contributed by atoms with Gasteiger partial charge in [0.05, 0.1) is 6.61 Å². The lowest BCUT2D eigenvalue weighted by molar-refractivity contribution is 0.216. The molecule has 0 radical (unpaired) electrons. The molecule has 1 nitrogen and oxygen atoms in total. The molecule has 0 unspecified atom stereocenters. The largest absolute Gasteiger partial charge is 0.490 e. The molecule has 2 saturated carbocycles. The van der Waals surface area contributed by atoms with Crippen molar-refractivity contribution in [1.82, 2.24) is 0 Å². The van der Waals surface area contributed by atoms with E-state index < -0.39 is 0 Å². The summed E-state index contributed by atoms with van der Waals surface area (Å²) in [5.74, 6) is 1.91. The lowest BCUT2D eigenvalue weighted by Crippen LogP contribution is -2.15. The van der Waals surface area contributed by atoms with Crippen LogP contribution in [-0.4, -0.2) is 6.61 Å². The smallest absolute Gasteiger partial charge is 0.168 e. The van der Waals surface area contributed by atoms with Crippen LogP contribution in [0, 0.1) is 24.6 Å². The normalized spacial score (nSPS) is 19.3. The van der Waals surface area contributed by atoms with Gasteiger partial charge in [-0.15, -0.1) is 0 Å². The molecule has 104 valence electrons. The zero-order chi connectivity index (χ0) is 13.2. The van der Waals surface area contributed by atoms with Gasteiger partial charge >= 0.3 is 0 Å². The van der Waals surface area contributed by atoms with Gasteiger partial charge < -0.3 is 4.74 Å². The van der Waals surface area contributed by atoms with Gasteiger partial charge in [0, 0.05) is 0 Å². The molecule has 1 aromatic carbocycles. The first-order valence-electron chi connectivity index (χ1n) is 7.65. The monoisotopic (exact) mass is 262 g/mol. The Bertz CT molecular complexity index is 447. The molecule has 2 aliphatic rings. The van der Waals surface area contributed by atoms with Crippen molar-refractivity contribution < 1.29 is 9.13 Å². The Morgan fingerprint density at radius 1 is 1.16 bits per heavy atom. The van der Waals surface area contributed by atoms with Gasteiger partial charge in [-0.3, -0.25) is 0 Å². The molecule has 0 saturated heterocycles. The molecule has 0 bridgehead atoms. The number of hydrogen-bond donors (Lipinski definition) is 0. The lowest BCUT2D eigenvalue weighted by Gasteiger charge is -2.25. The van der Waals surface area contributed by atoms with E-state index in [1.807, 2.05) is 13.0 Å². The molecule has 19 heavy (non-hydrogen) atoms. The summed E-state index contributed by atoms with van der Waals surface area (Å²) in [4.78, 5) is 0. The third-order valence-corrected chi connectivity index (χ3v) is 4.68. The SMILES string of the molecule is Cc1c(CC2CC2)ccc(OCCC2CCC2)c1F. The van der Waals surface area contributed by atoms with Crippen molar-refractivity contribution in [3.8, 4) is 5.75 Å². The minimum atomic E-state index is -0.147. The number of rotatable bonds is 6. The van der Waals surface area contributed by atoms with E-state index in [0.717, 1.165) is 35.8 Å². The third-order valence-electron chi connectivity index (χ3n) is 4.68. The number of benzene rings is 1. The molecule has 2 heteroatoms. The van der Waals surface area contributed by atoms with Crippen molar-refractivity contribution in [2.45, 2.75) is 51.9 Å². The molecule has 0 atom stereocenters. The van der Waals surface area contributed by atoms with Crippen molar-refractivity contribution in [2.24, 2.45) is 11.8 Å². The molecule has 0 aromatic heterocycles. The highest BCUT2D eigenvalue weighted by Gasteiger charge is 2.23. The standard InChI is InChI=1S/C17H23FO/c1-12-15(11-14-5-6-14)7-8-16(17(12)18)19-10-9-13-3-2-4-13/h7-8,13-14H,2-6,9-11H2,1H3. The van der Waals surface area contributed by atoms with Crippen molar-refractivity contribution >= 4 is 0 Å². The number of ether oxygens (including phenoxy) is 1. The van der Waals surface area contributed by atoms with Crippen LogP contribution in [0.1, 0.15) is 49.7 Å². The van der Waals surface area contributed by atoms with Gasteiger partial charge in [-0.25, -0.2) is 4.39 Å². The average Bonchev–Trinajstić information content (AvgIpc) is 3.15. The van der Waals surface area contributed by atoms with Crippen molar-refractivity contribution in [3.63, 3.8) is 0 Å². The summed E-state index contributed by atoms with van der Waals surface area (Å²) in [5.41, 5.74) is 1.94. The molecule has 2 aliphatic carbocycles. The average molecular weight is 262 g/mol. The first kappa shape index (κ1) is 13.0. The first-order valence-corrected chi connectivity index (χ1v) is 7.65. The molecular formula is C17H23FO. The Balaban J connectivity index is 1.58. The molecule has 0 N–H and O–H groups in total. The van der Waals surface area contributed by atoms with Gasteiger partial charge in [0.25, 0.3) is 0 Å². The Kier molecular flexibility index (Phi) is 3.76. The van der Waals surface area contributed by atoms with Crippen LogP contribution in [0.25, 0.3) is 0 Å². The summed E-state index contributed by atoms with van der Waals surface area (Å²) in [7, 11) is 0. The zero-order valence-electron chi connectivity index (χ0n) is 11.8. The van der Waals surface area contributed by atoms with E-state index >= 15 is 0 Å². The summed E-state index contributed by atoms with van der Waals surface area (Å²) < 4.78 is 19.9. The van der Waals surface area contributed by atoms with Crippen LogP contribution in [0.3, 0.4) is 0 Å². The van der Waals surface area contributed by atoms with E-state index in [-0.39, 0.29) is 5.82 Å². The predicted octanol–water partition coefficient (Wildman–Crippen LogP) is 4.66. The second-order valence-electron chi connectivity index (χ2n) is 6.24. The number of hydrogen-bond acceptors (Lipinski definition) is 1. The fourth-order valence-corrected chi connectivity index (χ4v) is 2.78. The molecule has 0 heterocycles. The van der Waals surface area contributed by atoms with Crippen molar-refractivity contribution in [1.29, 1.82) is 0 Å². The molecular weight excluding hydrogens is 239 g/mol. The van der Waals surface area contributed by atoms with Crippen LogP contribution in [0.15, 0.2) is 12.1 Å². The fourth-order valence-electron chi connectivity index (χ4n) is 2.78. The van der Waals surface area contributed by atoms with Crippen LogP contribution in [0.4, 0.5) is 4.39 Å². The van der Waals surface area contributed by atoms with Crippen LogP contribution in [0.5, 0.6) is 5.75 Å². The third kappa shape index (κ3) is 3.10. The molecule has 0 aliphatic heterocycles. The molecule has 0 spiro atoms. The summed E-state index contributed by atoms with van der Waals surface area (Å²) in [6, 6.07) is 3.87. The van der Waals surface area contributed by atoms with E-state index in [1.165, 1.54) is 32.1 Å². The maximum absolute atomic E-state index is 14.2. The second kappa shape index (κ2) is 5.52. The Labute approximate surface area is 115 Å². The highest BCUT2D eigenvalue weighted by Crippen LogP contribution is 2.35. The maximum Gasteiger partial charge on any atom is 0.168 e. The Morgan fingerprint density at radius 2 is 1.95 bits per heavy atom. The van der Waals surface area contributed by atoms with Crippen LogP contribution >= 0.6 is 0 Å². The van der Waals surface area contributed by atoms with E-state index in [0.29, 0.717) is 12.4 Å². The predicted molar refractivity (Wildman–Crippen MR) is 75.0 cm³/mol. The van der Waals surface area contributed by atoms with Gasteiger partial charge in [-0.1, -0.05) is 25.3 Å². The van der Waals surface area contributed by atoms with E-state index in [9.17, 15) is 4.39 Å². The zero-order valence-corrected chi connectivity index (χ0v) is 11.8. The molecule has 0 amide bonds. The van der Waals surface area contributed by atoms with Crippen LogP contribution in [-0.2, 0) is 6.42 Å². The van der Waals surface area contributed by atoms with Gasteiger partial charge in [0.1, 0.15) is 0 Å². The topological polar surface area (TPSA) is 9.23 Å². The minimum Gasteiger partial charge on any atom is -0.490 e. The summed E-state index contributed by atoms with van der Waals surface area (Å²) >= 11 is 0. The summed E-state index contributed by atoms with van der Waals surface area (Å²) in [5, 5.41) is 0. The highest BCUT2D eigenvalue weighted by atomic mass is 19.1. The number of halogens is 1. The summed E-state index contributed by atoms with van der Waals surface area (Å²) in [6.07, 6.45) is 8.72. The first-order chi connectivity index (χ1) is 9.24. The van der Waals surface area contributed by atoms with Crippen molar-refractivity contribution in [2.75, 3.05) is 6.61 Å². The lowest BCUT2D eigenvalue weighted by atomic mass is 9.83. The summed E-state index contributed by atoms with van der Waals surface area (Å²) in [6.45, 7) is 2.54. The molecule has 3 rings (SSSR count). The highest BCUT2D eigenvalue weighted by molar-refractivity contribution is 5.37.